The Morgan fingerprint density at radius 1 is 1.12 bits per heavy atom. The Balaban J connectivity index is 1.32. The molecule has 0 aromatic heterocycles. The van der Waals surface area contributed by atoms with Crippen molar-refractivity contribution in [3.63, 3.8) is 0 Å². The van der Waals surface area contributed by atoms with Crippen LogP contribution in [0.1, 0.15) is 56.1 Å². The second-order valence-electron chi connectivity index (χ2n) is 7.53. The predicted octanol–water partition coefficient (Wildman–Crippen LogP) is 2.54. The molecule has 5 heteroatoms. The van der Waals surface area contributed by atoms with Gasteiger partial charge in [0.15, 0.2) is 0 Å². The van der Waals surface area contributed by atoms with E-state index in [1.165, 1.54) is 24.0 Å². The maximum absolute atomic E-state index is 12.5. The van der Waals surface area contributed by atoms with E-state index in [4.69, 9.17) is 0 Å². The molecule has 0 atom stereocenters. The summed E-state index contributed by atoms with van der Waals surface area (Å²) in [7, 11) is 0. The third-order valence-electron chi connectivity index (χ3n) is 6.14. The zero-order valence-corrected chi connectivity index (χ0v) is 14.6. The van der Waals surface area contributed by atoms with Crippen LogP contribution in [0.3, 0.4) is 0 Å². The number of nitrogens with zero attached hydrogens (tertiary/aromatic N) is 2. The molecule has 5 nitrogen and oxygen atoms in total. The number of benzene rings is 1. The van der Waals surface area contributed by atoms with Crippen molar-refractivity contribution < 1.29 is 9.59 Å². The van der Waals surface area contributed by atoms with Crippen LogP contribution in [0.15, 0.2) is 29.4 Å². The summed E-state index contributed by atoms with van der Waals surface area (Å²) in [5.74, 6) is 0.189. The van der Waals surface area contributed by atoms with E-state index in [-0.39, 0.29) is 11.8 Å². The number of fused-ring (bicyclic) bond motifs is 2. The van der Waals surface area contributed by atoms with Crippen LogP contribution in [0.25, 0.3) is 0 Å². The Morgan fingerprint density at radius 2 is 1.92 bits per heavy atom. The molecule has 1 aliphatic carbocycles. The first kappa shape index (κ1) is 16.3. The fourth-order valence-corrected chi connectivity index (χ4v) is 4.57. The standard InChI is InChI=1S/C20H25N3O2/c24-18-7-5-16(21-22-18)6-8-19(25)23-13-11-20(12-14-23)10-9-15-3-1-2-4-17(15)20/h1-4H,5-14H2,(H,22,24). The molecule has 1 fully saturated rings. The van der Waals surface area contributed by atoms with E-state index in [1.807, 2.05) is 4.90 Å². The van der Waals surface area contributed by atoms with Crippen LogP contribution >= 0.6 is 0 Å². The van der Waals surface area contributed by atoms with Gasteiger partial charge in [0.2, 0.25) is 11.8 Å². The molecule has 1 aromatic rings. The van der Waals surface area contributed by atoms with Crippen LogP contribution in [0.5, 0.6) is 0 Å². The lowest BCUT2D eigenvalue weighted by Crippen LogP contribution is -2.44. The third kappa shape index (κ3) is 3.20. The van der Waals surface area contributed by atoms with Crippen LogP contribution in [0.2, 0.25) is 0 Å². The van der Waals surface area contributed by atoms with Gasteiger partial charge in [0.25, 0.3) is 0 Å². The number of amides is 2. The van der Waals surface area contributed by atoms with Gasteiger partial charge in [0.1, 0.15) is 0 Å². The smallest absolute Gasteiger partial charge is 0.240 e. The van der Waals surface area contributed by atoms with Crippen LogP contribution in [0, 0.1) is 0 Å². The number of carbonyl (C=O) groups excluding carboxylic acids is 2. The molecular formula is C20H25N3O2. The minimum absolute atomic E-state index is 0.0340. The Labute approximate surface area is 148 Å². The molecule has 1 aromatic carbocycles. The van der Waals surface area contributed by atoms with E-state index in [1.54, 1.807) is 0 Å². The van der Waals surface area contributed by atoms with Crippen molar-refractivity contribution in [3.05, 3.63) is 35.4 Å². The van der Waals surface area contributed by atoms with Crippen LogP contribution in [-0.2, 0) is 21.4 Å². The summed E-state index contributed by atoms with van der Waals surface area (Å²) < 4.78 is 0. The molecule has 2 heterocycles. The summed E-state index contributed by atoms with van der Waals surface area (Å²) in [4.78, 5) is 25.7. The largest absolute Gasteiger partial charge is 0.343 e. The number of aryl methyl sites for hydroxylation is 1. The number of piperidine rings is 1. The first-order chi connectivity index (χ1) is 12.2. The zero-order valence-electron chi connectivity index (χ0n) is 14.6. The van der Waals surface area contributed by atoms with Crippen LogP contribution in [-0.4, -0.2) is 35.5 Å². The monoisotopic (exact) mass is 339 g/mol. The zero-order chi connectivity index (χ0) is 17.3. The molecule has 4 rings (SSSR count). The lowest BCUT2D eigenvalue weighted by Gasteiger charge is -2.40. The molecule has 3 aliphatic rings. The number of rotatable bonds is 3. The minimum atomic E-state index is -0.0340. The van der Waals surface area contributed by atoms with Gasteiger partial charge in [-0.2, -0.15) is 5.10 Å². The summed E-state index contributed by atoms with van der Waals surface area (Å²) in [6.45, 7) is 1.72. The molecule has 1 saturated heterocycles. The van der Waals surface area contributed by atoms with Crippen LogP contribution < -0.4 is 5.43 Å². The molecule has 25 heavy (non-hydrogen) atoms. The molecule has 1 spiro atoms. The summed E-state index contributed by atoms with van der Waals surface area (Å²) in [6.07, 6.45) is 6.87. The molecule has 0 bridgehead atoms. The first-order valence-electron chi connectivity index (χ1n) is 9.37. The third-order valence-corrected chi connectivity index (χ3v) is 6.14. The first-order valence-corrected chi connectivity index (χ1v) is 9.37. The number of likely N-dealkylation sites (tertiary alicyclic amines) is 1. The molecule has 1 N–H and O–H groups in total. The van der Waals surface area contributed by atoms with Gasteiger partial charge in [-0.3, -0.25) is 9.59 Å². The summed E-state index contributed by atoms with van der Waals surface area (Å²) in [5.41, 5.74) is 6.76. The minimum Gasteiger partial charge on any atom is -0.343 e. The number of hydrazone groups is 1. The van der Waals surface area contributed by atoms with E-state index in [9.17, 15) is 9.59 Å². The van der Waals surface area contributed by atoms with E-state index >= 15 is 0 Å². The fourth-order valence-electron chi connectivity index (χ4n) is 4.57. The number of nitrogens with one attached hydrogen (secondary N) is 1. The van der Waals surface area contributed by atoms with Crippen molar-refractivity contribution in [3.8, 4) is 0 Å². The second kappa shape index (κ2) is 6.62. The van der Waals surface area contributed by atoms with Gasteiger partial charge in [-0.15, -0.1) is 0 Å². The van der Waals surface area contributed by atoms with Gasteiger partial charge in [-0.1, -0.05) is 24.3 Å². The van der Waals surface area contributed by atoms with Gasteiger partial charge in [-0.25, -0.2) is 5.43 Å². The van der Waals surface area contributed by atoms with Crippen molar-refractivity contribution in [2.24, 2.45) is 5.10 Å². The highest BCUT2D eigenvalue weighted by Crippen LogP contribution is 2.46. The lowest BCUT2D eigenvalue weighted by atomic mass is 9.74. The summed E-state index contributed by atoms with van der Waals surface area (Å²) >= 11 is 0. The SMILES string of the molecule is O=C1CCC(CCC(=O)N2CCC3(CCc4ccccc43)CC2)=NN1. The van der Waals surface area contributed by atoms with Gasteiger partial charge in [-0.05, 0) is 55.1 Å². The van der Waals surface area contributed by atoms with Gasteiger partial charge < -0.3 is 4.90 Å². The molecule has 0 saturated carbocycles. The van der Waals surface area contributed by atoms with Crippen molar-refractivity contribution >= 4 is 17.5 Å². The highest BCUT2D eigenvalue weighted by Gasteiger charge is 2.41. The number of hydrogen-bond acceptors (Lipinski definition) is 3. The highest BCUT2D eigenvalue weighted by atomic mass is 16.2. The normalized spacial score (nSPS) is 21.7. The summed E-state index contributed by atoms with van der Waals surface area (Å²) in [5, 5.41) is 4.06. The Hall–Kier alpha value is -2.17. The van der Waals surface area contributed by atoms with E-state index in [2.05, 4.69) is 34.8 Å². The van der Waals surface area contributed by atoms with Gasteiger partial charge >= 0.3 is 0 Å². The second-order valence-corrected chi connectivity index (χ2v) is 7.53. The molecule has 0 radical (unpaired) electrons. The molecule has 2 amide bonds. The van der Waals surface area contributed by atoms with Crippen molar-refractivity contribution in [2.45, 2.75) is 56.8 Å². The quantitative estimate of drug-likeness (QED) is 0.920. The van der Waals surface area contributed by atoms with Crippen molar-refractivity contribution in [1.29, 1.82) is 0 Å². The highest BCUT2D eigenvalue weighted by molar-refractivity contribution is 5.94. The van der Waals surface area contributed by atoms with E-state index in [0.29, 0.717) is 31.1 Å². The topological polar surface area (TPSA) is 61.8 Å². The predicted molar refractivity (Wildman–Crippen MR) is 96.3 cm³/mol. The maximum atomic E-state index is 12.5. The Morgan fingerprint density at radius 3 is 2.68 bits per heavy atom. The summed E-state index contributed by atoms with van der Waals surface area (Å²) in [6, 6.07) is 8.82. The van der Waals surface area contributed by atoms with Gasteiger partial charge in [0.05, 0.1) is 0 Å². The van der Waals surface area contributed by atoms with Crippen LogP contribution in [0.4, 0.5) is 0 Å². The number of carbonyl (C=O) groups is 2. The van der Waals surface area contributed by atoms with E-state index in [0.717, 1.165) is 31.6 Å². The number of hydrogen-bond donors (Lipinski definition) is 1. The van der Waals surface area contributed by atoms with E-state index < -0.39 is 0 Å². The van der Waals surface area contributed by atoms with Gasteiger partial charge in [0, 0.05) is 31.6 Å². The lowest BCUT2D eigenvalue weighted by molar-refractivity contribution is -0.132. The molecule has 0 unspecified atom stereocenters. The fraction of sp³-hybridized carbons (Fsp3) is 0.550. The molecular weight excluding hydrogens is 314 g/mol. The molecule has 2 aliphatic heterocycles. The van der Waals surface area contributed by atoms with Crippen molar-refractivity contribution in [2.75, 3.05) is 13.1 Å². The average molecular weight is 339 g/mol. The Bertz CT molecular complexity index is 717. The maximum Gasteiger partial charge on any atom is 0.240 e. The van der Waals surface area contributed by atoms with Crippen molar-refractivity contribution in [1.82, 2.24) is 10.3 Å². The Kier molecular flexibility index (Phi) is 4.32. The average Bonchev–Trinajstić information content (AvgIpc) is 3.00. The molecule has 132 valence electrons.